The largest absolute Gasteiger partial charge is 0.452 e. The third-order valence-electron chi connectivity index (χ3n) is 3.89. The summed E-state index contributed by atoms with van der Waals surface area (Å²) in [5.74, 6) is -1.24. The molecule has 0 radical (unpaired) electrons. The molecule has 9 heteroatoms. The van der Waals surface area contributed by atoms with E-state index in [2.05, 4.69) is 20.6 Å². The van der Waals surface area contributed by atoms with Gasteiger partial charge in [-0.2, -0.15) is 0 Å². The minimum absolute atomic E-state index is 0.0191. The van der Waals surface area contributed by atoms with Crippen LogP contribution in [0.1, 0.15) is 44.0 Å². The quantitative estimate of drug-likeness (QED) is 0.440. The number of rotatable bonds is 6. The molecule has 2 rings (SSSR count). The molecule has 1 fully saturated rings. The van der Waals surface area contributed by atoms with Gasteiger partial charge in [0.1, 0.15) is 0 Å². The van der Waals surface area contributed by atoms with Gasteiger partial charge in [-0.3, -0.25) is 14.9 Å². The number of imide groups is 1. The maximum absolute atomic E-state index is 11.9. The lowest BCUT2D eigenvalue weighted by molar-refractivity contribution is -0.151. The van der Waals surface area contributed by atoms with Crippen LogP contribution >= 0.6 is 11.8 Å². The topological polar surface area (TPSA) is 110 Å². The number of hydrogen-bond donors (Lipinski definition) is 2. The molecule has 1 aliphatic rings. The molecule has 0 aliphatic heterocycles. The molecule has 1 aliphatic carbocycles. The van der Waals surface area contributed by atoms with Crippen molar-refractivity contribution in [2.24, 2.45) is 0 Å². The first-order valence-corrected chi connectivity index (χ1v) is 9.58. The van der Waals surface area contributed by atoms with Crippen LogP contribution in [-0.4, -0.2) is 45.8 Å². The van der Waals surface area contributed by atoms with Crippen molar-refractivity contribution in [3.05, 3.63) is 17.5 Å². The maximum Gasteiger partial charge on any atom is 0.321 e. The van der Waals surface area contributed by atoms with Crippen LogP contribution in [0.3, 0.4) is 0 Å². The molecule has 0 aromatic carbocycles. The monoisotopic (exact) mass is 380 g/mol. The number of hydrogen-bond acceptors (Lipinski definition) is 7. The minimum atomic E-state index is -1.06. The Morgan fingerprint density at radius 3 is 2.46 bits per heavy atom. The number of amides is 3. The zero-order valence-electron chi connectivity index (χ0n) is 15.2. The first-order valence-electron chi connectivity index (χ1n) is 8.59. The van der Waals surface area contributed by atoms with Crippen LogP contribution in [0.25, 0.3) is 0 Å². The van der Waals surface area contributed by atoms with Gasteiger partial charge in [0.2, 0.25) is 0 Å². The SMILES string of the molecule is Cc1cc(C)nc(SCC(=O)O[C@@H](C)C(=O)NC(=O)NC2CCCC2)n1. The Morgan fingerprint density at radius 2 is 1.85 bits per heavy atom. The van der Waals surface area contributed by atoms with Gasteiger partial charge in [0.25, 0.3) is 5.91 Å². The number of aryl methyl sites for hydroxylation is 2. The predicted molar refractivity (Wildman–Crippen MR) is 96.7 cm³/mol. The molecular weight excluding hydrogens is 356 g/mol. The molecule has 0 saturated heterocycles. The Kier molecular flexibility index (Phi) is 7.38. The van der Waals surface area contributed by atoms with E-state index < -0.39 is 24.0 Å². The van der Waals surface area contributed by atoms with E-state index in [0.29, 0.717) is 5.16 Å². The van der Waals surface area contributed by atoms with E-state index in [-0.39, 0.29) is 11.8 Å². The van der Waals surface area contributed by atoms with Gasteiger partial charge in [0.05, 0.1) is 5.75 Å². The number of carbonyl (C=O) groups is 3. The molecule has 1 aromatic heterocycles. The van der Waals surface area contributed by atoms with Crippen LogP contribution in [0.4, 0.5) is 4.79 Å². The van der Waals surface area contributed by atoms with Crippen LogP contribution in [-0.2, 0) is 14.3 Å². The number of esters is 1. The average molecular weight is 380 g/mol. The van der Waals surface area contributed by atoms with Gasteiger partial charge in [0, 0.05) is 17.4 Å². The van der Waals surface area contributed by atoms with Crippen molar-refractivity contribution in [2.45, 2.75) is 63.8 Å². The molecule has 2 N–H and O–H groups in total. The van der Waals surface area contributed by atoms with E-state index in [9.17, 15) is 14.4 Å². The number of nitrogens with zero attached hydrogens (tertiary/aromatic N) is 2. The molecule has 142 valence electrons. The zero-order chi connectivity index (χ0) is 19.1. The van der Waals surface area contributed by atoms with E-state index in [0.717, 1.165) is 48.8 Å². The van der Waals surface area contributed by atoms with Crippen LogP contribution in [0, 0.1) is 13.8 Å². The highest BCUT2D eigenvalue weighted by Crippen LogP contribution is 2.17. The Bertz CT molecular complexity index is 656. The molecular formula is C17H24N4O4S. The summed E-state index contributed by atoms with van der Waals surface area (Å²) < 4.78 is 5.06. The number of thioether (sulfide) groups is 1. The second-order valence-corrected chi connectivity index (χ2v) is 7.24. The summed E-state index contributed by atoms with van der Waals surface area (Å²) in [5, 5.41) is 5.43. The van der Waals surface area contributed by atoms with Gasteiger partial charge in [0.15, 0.2) is 11.3 Å². The van der Waals surface area contributed by atoms with Gasteiger partial charge < -0.3 is 10.1 Å². The third kappa shape index (κ3) is 6.62. The standard InChI is InChI=1S/C17H24N4O4S/c1-10-8-11(2)19-17(18-10)26-9-14(22)25-12(3)15(23)21-16(24)20-13-6-4-5-7-13/h8,12-13H,4-7,9H2,1-3H3,(H2,20,21,23,24)/t12-/m0/s1. The Balaban J connectivity index is 1.72. The summed E-state index contributed by atoms with van der Waals surface area (Å²) in [6.45, 7) is 5.12. The molecule has 0 spiro atoms. The van der Waals surface area contributed by atoms with Crippen molar-refractivity contribution in [1.29, 1.82) is 0 Å². The summed E-state index contributed by atoms with van der Waals surface area (Å²) in [4.78, 5) is 44.0. The number of carbonyl (C=O) groups excluding carboxylic acids is 3. The summed E-state index contributed by atoms with van der Waals surface area (Å²) in [5.41, 5.74) is 1.63. The fraction of sp³-hybridized carbons (Fsp3) is 0.588. The van der Waals surface area contributed by atoms with Crippen LogP contribution in [0.15, 0.2) is 11.2 Å². The first kappa shape index (κ1) is 20.2. The van der Waals surface area contributed by atoms with Crippen molar-refractivity contribution in [3.63, 3.8) is 0 Å². The van der Waals surface area contributed by atoms with E-state index >= 15 is 0 Å². The molecule has 0 unspecified atom stereocenters. The molecule has 26 heavy (non-hydrogen) atoms. The highest BCUT2D eigenvalue weighted by molar-refractivity contribution is 7.99. The van der Waals surface area contributed by atoms with Crippen molar-refractivity contribution < 1.29 is 19.1 Å². The van der Waals surface area contributed by atoms with Crippen molar-refractivity contribution in [1.82, 2.24) is 20.6 Å². The third-order valence-corrected chi connectivity index (χ3v) is 4.71. The van der Waals surface area contributed by atoms with Crippen LogP contribution < -0.4 is 10.6 Å². The molecule has 8 nitrogen and oxygen atoms in total. The zero-order valence-corrected chi connectivity index (χ0v) is 16.0. The van der Waals surface area contributed by atoms with Crippen molar-refractivity contribution in [2.75, 3.05) is 5.75 Å². The van der Waals surface area contributed by atoms with Crippen LogP contribution in [0.2, 0.25) is 0 Å². The predicted octanol–water partition coefficient (Wildman–Crippen LogP) is 1.89. The number of aromatic nitrogens is 2. The minimum Gasteiger partial charge on any atom is -0.452 e. The van der Waals surface area contributed by atoms with Crippen LogP contribution in [0.5, 0.6) is 0 Å². The Morgan fingerprint density at radius 1 is 1.23 bits per heavy atom. The lowest BCUT2D eigenvalue weighted by atomic mass is 10.2. The fourth-order valence-electron chi connectivity index (χ4n) is 2.67. The number of ether oxygens (including phenoxy) is 1. The summed E-state index contributed by atoms with van der Waals surface area (Å²) in [7, 11) is 0. The van der Waals surface area contributed by atoms with Gasteiger partial charge >= 0.3 is 12.0 Å². The fourth-order valence-corrected chi connectivity index (χ4v) is 3.40. The van der Waals surface area contributed by atoms with E-state index in [1.807, 2.05) is 19.9 Å². The molecule has 1 atom stereocenters. The van der Waals surface area contributed by atoms with E-state index in [1.165, 1.54) is 6.92 Å². The summed E-state index contributed by atoms with van der Waals surface area (Å²) in [6.07, 6.45) is 2.94. The highest BCUT2D eigenvalue weighted by Gasteiger charge is 2.22. The maximum atomic E-state index is 11.9. The van der Waals surface area contributed by atoms with E-state index in [1.54, 1.807) is 0 Å². The molecule has 1 aromatic rings. The molecule has 1 saturated carbocycles. The second kappa shape index (κ2) is 9.51. The molecule has 0 bridgehead atoms. The average Bonchev–Trinajstić information content (AvgIpc) is 3.04. The molecule has 1 heterocycles. The first-order chi connectivity index (χ1) is 12.3. The van der Waals surface area contributed by atoms with Gasteiger partial charge in [-0.1, -0.05) is 24.6 Å². The lowest BCUT2D eigenvalue weighted by Crippen LogP contribution is -2.47. The lowest BCUT2D eigenvalue weighted by Gasteiger charge is -2.15. The Labute approximate surface area is 156 Å². The Hall–Kier alpha value is -2.16. The van der Waals surface area contributed by atoms with Gasteiger partial charge in [-0.05, 0) is 39.7 Å². The number of nitrogens with one attached hydrogen (secondary N) is 2. The normalized spacial score (nSPS) is 15.3. The number of urea groups is 1. The smallest absolute Gasteiger partial charge is 0.321 e. The summed E-state index contributed by atoms with van der Waals surface area (Å²) >= 11 is 1.14. The van der Waals surface area contributed by atoms with Crippen molar-refractivity contribution >= 4 is 29.7 Å². The van der Waals surface area contributed by atoms with Gasteiger partial charge in [-0.15, -0.1) is 0 Å². The molecule has 3 amide bonds. The van der Waals surface area contributed by atoms with Crippen molar-refractivity contribution in [3.8, 4) is 0 Å². The van der Waals surface area contributed by atoms with Gasteiger partial charge in [-0.25, -0.2) is 14.8 Å². The second-order valence-electron chi connectivity index (χ2n) is 6.30. The summed E-state index contributed by atoms with van der Waals surface area (Å²) in [6, 6.07) is 1.39. The van der Waals surface area contributed by atoms with E-state index in [4.69, 9.17) is 4.74 Å². The highest BCUT2D eigenvalue weighted by atomic mass is 32.2.